The maximum Gasteiger partial charge on any atom is 0.251 e. The molecule has 3 rings (SSSR count). The first-order chi connectivity index (χ1) is 16.6. The third kappa shape index (κ3) is 6.84. The van der Waals surface area contributed by atoms with Crippen LogP contribution in [-0.4, -0.2) is 32.3 Å². The van der Waals surface area contributed by atoms with E-state index in [9.17, 15) is 9.59 Å². The lowest BCUT2D eigenvalue weighted by Crippen LogP contribution is -2.33. The van der Waals surface area contributed by atoms with Gasteiger partial charge < -0.3 is 15.2 Å². The fraction of sp³-hybridized carbons (Fsp3) is 0.385. The maximum atomic E-state index is 12.9. The molecule has 2 amide bonds. The summed E-state index contributed by atoms with van der Waals surface area (Å²) in [6.07, 6.45) is 0. The van der Waals surface area contributed by atoms with Crippen molar-refractivity contribution < 1.29 is 9.59 Å². The highest BCUT2D eigenvalue weighted by molar-refractivity contribution is 14.1. The number of nitrogens with one attached hydrogen (secondary N) is 2. The average Bonchev–Trinajstić information content (AvgIpc) is 3.20. The topological polar surface area (TPSA) is 88.9 Å². The van der Waals surface area contributed by atoms with Gasteiger partial charge in [0.05, 0.1) is 11.8 Å². The Bertz CT molecular complexity index is 1200. The van der Waals surface area contributed by atoms with Gasteiger partial charge in [-0.05, 0) is 91.6 Å². The Labute approximate surface area is 225 Å². The molecule has 3 aromatic rings. The number of aryl methyl sites for hydroxylation is 3. The van der Waals surface area contributed by atoms with E-state index >= 15 is 0 Å². The Morgan fingerprint density at radius 1 is 1.09 bits per heavy atom. The summed E-state index contributed by atoms with van der Waals surface area (Å²) in [6.45, 7) is 12.7. The summed E-state index contributed by atoms with van der Waals surface area (Å²) in [6, 6.07) is 11.3. The molecule has 1 atom stereocenters. The van der Waals surface area contributed by atoms with Gasteiger partial charge in [-0.25, -0.2) is 0 Å². The summed E-state index contributed by atoms with van der Waals surface area (Å²) in [5.74, 6) is 0.769. The Balaban J connectivity index is 1.73. The highest BCUT2D eigenvalue weighted by Gasteiger charge is 2.26. The summed E-state index contributed by atoms with van der Waals surface area (Å²) >= 11 is 3.62. The first-order valence-corrected chi connectivity index (χ1v) is 13.7. The summed E-state index contributed by atoms with van der Waals surface area (Å²) in [5.41, 5.74) is 4.58. The van der Waals surface area contributed by atoms with E-state index in [4.69, 9.17) is 0 Å². The fourth-order valence-electron chi connectivity index (χ4n) is 3.89. The molecule has 0 spiro atoms. The van der Waals surface area contributed by atoms with Crippen molar-refractivity contribution in [2.24, 2.45) is 5.92 Å². The van der Waals surface area contributed by atoms with Crippen molar-refractivity contribution in [3.8, 4) is 0 Å². The predicted octanol–water partition coefficient (Wildman–Crippen LogP) is 5.69. The number of amides is 2. The second-order valence-electron chi connectivity index (χ2n) is 8.90. The van der Waals surface area contributed by atoms with Gasteiger partial charge in [-0.1, -0.05) is 43.3 Å². The van der Waals surface area contributed by atoms with Crippen molar-refractivity contribution >= 4 is 51.9 Å². The molecule has 0 aliphatic carbocycles. The van der Waals surface area contributed by atoms with Crippen LogP contribution in [0, 0.1) is 30.3 Å². The van der Waals surface area contributed by atoms with Gasteiger partial charge in [-0.3, -0.25) is 9.59 Å². The zero-order chi connectivity index (χ0) is 25.7. The van der Waals surface area contributed by atoms with E-state index in [0.717, 1.165) is 25.9 Å². The number of thioether (sulfide) groups is 1. The Hall–Kier alpha value is -2.40. The molecule has 0 bridgehead atoms. The van der Waals surface area contributed by atoms with Crippen molar-refractivity contribution in [3.05, 3.63) is 68.0 Å². The number of nitrogens with zero attached hydrogens (tertiary/aromatic N) is 3. The summed E-state index contributed by atoms with van der Waals surface area (Å²) in [5, 5.41) is 15.6. The highest BCUT2D eigenvalue weighted by atomic mass is 127. The van der Waals surface area contributed by atoms with Gasteiger partial charge in [0.2, 0.25) is 5.91 Å². The van der Waals surface area contributed by atoms with Crippen molar-refractivity contribution in [3.63, 3.8) is 0 Å². The molecular weight excluding hydrogens is 573 g/mol. The molecule has 0 aliphatic heterocycles. The van der Waals surface area contributed by atoms with E-state index in [0.29, 0.717) is 23.1 Å². The van der Waals surface area contributed by atoms with Gasteiger partial charge >= 0.3 is 0 Å². The lowest BCUT2D eigenvalue weighted by atomic mass is 10.0. The predicted molar refractivity (Wildman–Crippen MR) is 150 cm³/mol. The molecule has 2 N–H and O–H groups in total. The van der Waals surface area contributed by atoms with E-state index in [1.807, 2.05) is 76.4 Å². The van der Waals surface area contributed by atoms with E-state index in [1.165, 1.54) is 11.8 Å². The molecule has 0 aliphatic rings. The average molecular weight is 606 g/mol. The van der Waals surface area contributed by atoms with Crippen LogP contribution in [-0.2, 0) is 11.3 Å². The summed E-state index contributed by atoms with van der Waals surface area (Å²) < 4.78 is 3.11. The van der Waals surface area contributed by atoms with Crippen molar-refractivity contribution in [2.45, 2.75) is 59.3 Å². The Kier molecular flexibility index (Phi) is 9.34. The van der Waals surface area contributed by atoms with Crippen LogP contribution in [0.5, 0.6) is 0 Å². The van der Waals surface area contributed by atoms with Crippen LogP contribution in [0.3, 0.4) is 0 Å². The largest absolute Gasteiger partial charge is 0.342 e. The number of rotatable bonds is 9. The molecular formula is C26H32IN5O2S. The molecule has 186 valence electrons. The van der Waals surface area contributed by atoms with Crippen LogP contribution < -0.4 is 10.6 Å². The van der Waals surface area contributed by atoms with Gasteiger partial charge in [-0.15, -0.1) is 10.2 Å². The van der Waals surface area contributed by atoms with Gasteiger partial charge in [0.15, 0.2) is 11.0 Å². The number of hydrogen-bond acceptors (Lipinski definition) is 5. The number of anilines is 1. The number of benzene rings is 2. The molecule has 7 nitrogen and oxygen atoms in total. The minimum absolute atomic E-state index is 0.0947. The molecule has 0 radical (unpaired) electrons. The molecule has 0 saturated carbocycles. The molecule has 2 aromatic carbocycles. The normalized spacial score (nSPS) is 12.0. The van der Waals surface area contributed by atoms with E-state index in [2.05, 4.69) is 43.4 Å². The zero-order valence-corrected chi connectivity index (χ0v) is 24.0. The van der Waals surface area contributed by atoms with Crippen LogP contribution in [0.25, 0.3) is 0 Å². The third-order valence-corrected chi connectivity index (χ3v) is 7.26. The molecule has 0 unspecified atom stereocenters. The van der Waals surface area contributed by atoms with Crippen molar-refractivity contribution in [2.75, 3.05) is 11.1 Å². The fourth-order valence-corrected chi connectivity index (χ4v) is 5.63. The van der Waals surface area contributed by atoms with Gasteiger partial charge in [0.25, 0.3) is 5.91 Å². The smallest absolute Gasteiger partial charge is 0.251 e. The molecule has 0 fully saturated rings. The maximum absolute atomic E-state index is 12.9. The van der Waals surface area contributed by atoms with E-state index in [1.54, 1.807) is 6.07 Å². The van der Waals surface area contributed by atoms with Gasteiger partial charge in [0, 0.05) is 21.4 Å². The minimum atomic E-state index is -0.310. The molecule has 35 heavy (non-hydrogen) atoms. The van der Waals surface area contributed by atoms with Crippen LogP contribution in [0.1, 0.15) is 59.7 Å². The second kappa shape index (κ2) is 12.0. The van der Waals surface area contributed by atoms with Gasteiger partial charge in [0.1, 0.15) is 0 Å². The molecule has 1 heterocycles. The third-order valence-electron chi connectivity index (χ3n) is 5.67. The van der Waals surface area contributed by atoms with Crippen LogP contribution >= 0.6 is 34.4 Å². The first-order valence-electron chi connectivity index (χ1n) is 11.6. The lowest BCUT2D eigenvalue weighted by molar-refractivity contribution is -0.113. The molecule has 9 heteroatoms. The number of hydrogen-bond donors (Lipinski definition) is 2. The minimum Gasteiger partial charge on any atom is -0.342 e. The lowest BCUT2D eigenvalue weighted by Gasteiger charge is -2.22. The summed E-state index contributed by atoms with van der Waals surface area (Å²) in [4.78, 5) is 25.6. The first kappa shape index (κ1) is 27.2. The molecule has 0 saturated heterocycles. The molecule has 1 aromatic heterocycles. The van der Waals surface area contributed by atoms with Gasteiger partial charge in [-0.2, -0.15) is 0 Å². The summed E-state index contributed by atoms with van der Waals surface area (Å²) in [7, 11) is 0. The Morgan fingerprint density at radius 3 is 2.37 bits per heavy atom. The highest BCUT2D eigenvalue weighted by Crippen LogP contribution is 2.27. The second-order valence-corrected chi connectivity index (χ2v) is 11.1. The standard InChI is InChI=1S/C26H32IN5O2S/c1-7-32-24(22(15(2)3)29-25(34)19-10-8-9-16(4)11-19)30-31-26(32)35-14-21(33)28-23-17(5)12-20(27)13-18(23)6/h8-13,15,22H,7,14H2,1-6H3,(H,28,33)(H,29,34)/t22-/m0/s1. The quantitative estimate of drug-likeness (QED) is 0.242. The van der Waals surface area contributed by atoms with E-state index in [-0.39, 0.29) is 29.5 Å². The van der Waals surface area contributed by atoms with E-state index < -0.39 is 0 Å². The van der Waals surface area contributed by atoms with Crippen LogP contribution in [0.4, 0.5) is 5.69 Å². The van der Waals surface area contributed by atoms with Crippen molar-refractivity contribution in [1.82, 2.24) is 20.1 Å². The zero-order valence-electron chi connectivity index (χ0n) is 21.0. The number of aromatic nitrogens is 3. The SMILES string of the molecule is CCn1c(SCC(=O)Nc2c(C)cc(I)cc2C)nnc1[C@@H](NC(=O)c1cccc(C)c1)C(C)C. The number of carbonyl (C=O) groups excluding carboxylic acids is 2. The van der Waals surface area contributed by atoms with Crippen LogP contribution in [0.2, 0.25) is 0 Å². The number of carbonyl (C=O) groups is 2. The number of halogens is 1. The Morgan fingerprint density at radius 2 is 1.77 bits per heavy atom. The van der Waals surface area contributed by atoms with Crippen molar-refractivity contribution in [1.29, 1.82) is 0 Å². The monoisotopic (exact) mass is 605 g/mol. The van der Waals surface area contributed by atoms with Crippen LogP contribution in [0.15, 0.2) is 41.6 Å².